The van der Waals surface area contributed by atoms with Crippen molar-refractivity contribution in [1.29, 1.82) is 0 Å². The number of carbonyl (C=O) groups excluding carboxylic acids is 1. The van der Waals surface area contributed by atoms with Gasteiger partial charge in [0.2, 0.25) is 4.96 Å². The molecule has 2 amide bonds. The molecule has 186 valence electrons. The highest BCUT2D eigenvalue weighted by Gasteiger charge is 2.22. The summed E-state index contributed by atoms with van der Waals surface area (Å²) in [5.41, 5.74) is 3.02. The van der Waals surface area contributed by atoms with Gasteiger partial charge in [-0.05, 0) is 48.9 Å². The van der Waals surface area contributed by atoms with Gasteiger partial charge < -0.3 is 15.0 Å². The van der Waals surface area contributed by atoms with Crippen LogP contribution in [0.15, 0.2) is 53.3 Å². The van der Waals surface area contributed by atoms with E-state index in [4.69, 9.17) is 16.3 Å². The zero-order valence-electron chi connectivity index (χ0n) is 19.9. The molecule has 1 aliphatic heterocycles. The van der Waals surface area contributed by atoms with Gasteiger partial charge >= 0.3 is 6.03 Å². The van der Waals surface area contributed by atoms with Crippen LogP contribution in [-0.2, 0) is 6.54 Å². The zero-order valence-corrected chi connectivity index (χ0v) is 21.5. The van der Waals surface area contributed by atoms with Gasteiger partial charge in [-0.15, -0.1) is 0 Å². The number of aromatic nitrogens is 3. The van der Waals surface area contributed by atoms with Crippen molar-refractivity contribution >= 4 is 39.6 Å². The number of anilines is 1. The van der Waals surface area contributed by atoms with Crippen molar-refractivity contribution in [1.82, 2.24) is 24.4 Å². The normalized spacial score (nSPS) is 14.2. The van der Waals surface area contributed by atoms with Crippen molar-refractivity contribution in [3.8, 4) is 16.3 Å². The van der Waals surface area contributed by atoms with Gasteiger partial charge in [-0.2, -0.15) is 9.61 Å². The van der Waals surface area contributed by atoms with Crippen LogP contribution in [-0.4, -0.2) is 63.7 Å². The van der Waals surface area contributed by atoms with Crippen LogP contribution in [0.5, 0.6) is 5.75 Å². The lowest BCUT2D eigenvalue weighted by Gasteiger charge is -2.34. The van der Waals surface area contributed by atoms with Crippen LogP contribution >= 0.6 is 22.9 Å². The van der Waals surface area contributed by atoms with E-state index in [0.717, 1.165) is 16.9 Å². The molecule has 4 aromatic rings. The molecular formula is C25H25ClN6O3S. The average Bonchev–Trinajstić information content (AvgIpc) is 3.31. The summed E-state index contributed by atoms with van der Waals surface area (Å²) in [5, 5.41) is 8.69. The largest absolute Gasteiger partial charge is 0.497 e. The Morgan fingerprint density at radius 2 is 1.86 bits per heavy atom. The molecule has 11 heteroatoms. The van der Waals surface area contributed by atoms with Crippen LogP contribution in [0.4, 0.5) is 10.5 Å². The van der Waals surface area contributed by atoms with E-state index in [-0.39, 0.29) is 11.6 Å². The molecule has 0 aliphatic carbocycles. The van der Waals surface area contributed by atoms with E-state index in [2.05, 4.69) is 20.3 Å². The third-order valence-corrected chi connectivity index (χ3v) is 7.47. The number of benzene rings is 2. The Hall–Kier alpha value is -3.47. The SMILES string of the molecule is COc1ccc(-c2nn3c(=O)cc(CN4CCN(C(=O)Nc5ccc(C)c(Cl)c5)CC4)nc3s2)cc1. The maximum absolute atomic E-state index is 12.7. The van der Waals surface area contributed by atoms with Gasteiger partial charge in [0, 0.05) is 55.1 Å². The minimum atomic E-state index is -0.208. The number of ether oxygens (including phenoxy) is 1. The van der Waals surface area contributed by atoms with Gasteiger partial charge in [-0.3, -0.25) is 9.69 Å². The summed E-state index contributed by atoms with van der Waals surface area (Å²) in [4.78, 5) is 34.6. The topological polar surface area (TPSA) is 92.1 Å². The fourth-order valence-corrected chi connectivity index (χ4v) is 5.11. The molecule has 0 saturated carbocycles. The molecule has 9 nitrogen and oxygen atoms in total. The predicted octanol–water partition coefficient (Wildman–Crippen LogP) is 4.14. The number of amides is 2. The maximum atomic E-state index is 12.7. The minimum absolute atomic E-state index is 0.150. The molecule has 2 aromatic carbocycles. The summed E-state index contributed by atoms with van der Waals surface area (Å²) >= 11 is 7.53. The molecule has 5 rings (SSSR count). The third-order valence-electron chi connectivity index (χ3n) is 6.10. The summed E-state index contributed by atoms with van der Waals surface area (Å²) < 4.78 is 6.55. The van der Waals surface area contributed by atoms with Gasteiger partial charge in [0.1, 0.15) is 10.8 Å². The molecule has 0 radical (unpaired) electrons. The summed E-state index contributed by atoms with van der Waals surface area (Å²) in [6, 6.07) is 14.4. The van der Waals surface area contributed by atoms with E-state index in [1.807, 2.05) is 43.3 Å². The number of hydrogen-bond donors (Lipinski definition) is 1. The smallest absolute Gasteiger partial charge is 0.321 e. The number of fused-ring (bicyclic) bond motifs is 1. The van der Waals surface area contributed by atoms with Crippen LogP contribution < -0.4 is 15.6 Å². The standard InChI is InChI=1S/C25H25ClN6O3S/c1-16-3-6-18(13-21(16)26)27-24(34)31-11-9-30(10-12-31)15-19-14-22(33)32-25(28-19)36-23(29-32)17-4-7-20(35-2)8-5-17/h3-8,13-14H,9-12,15H2,1-2H3,(H,27,34). The van der Waals surface area contributed by atoms with Gasteiger partial charge in [-0.1, -0.05) is 29.0 Å². The predicted molar refractivity (Wildman–Crippen MR) is 141 cm³/mol. The number of piperazine rings is 1. The number of rotatable bonds is 5. The number of hydrogen-bond acceptors (Lipinski definition) is 7. The second-order valence-electron chi connectivity index (χ2n) is 8.57. The van der Waals surface area contributed by atoms with E-state index in [1.165, 1.54) is 21.9 Å². The number of urea groups is 1. The van der Waals surface area contributed by atoms with Gasteiger partial charge in [0.15, 0.2) is 0 Å². The third kappa shape index (κ3) is 5.20. The highest BCUT2D eigenvalue weighted by molar-refractivity contribution is 7.19. The quantitative estimate of drug-likeness (QED) is 0.422. The van der Waals surface area contributed by atoms with E-state index < -0.39 is 0 Å². The van der Waals surface area contributed by atoms with Crippen molar-refractivity contribution in [3.63, 3.8) is 0 Å². The first-order valence-electron chi connectivity index (χ1n) is 11.5. The van der Waals surface area contributed by atoms with E-state index in [0.29, 0.717) is 59.1 Å². The molecule has 1 saturated heterocycles. The number of halogens is 1. The fraction of sp³-hybridized carbons (Fsp3) is 0.280. The highest BCUT2D eigenvalue weighted by Crippen LogP contribution is 2.26. The molecule has 1 fully saturated rings. The number of nitrogens with zero attached hydrogens (tertiary/aromatic N) is 5. The Morgan fingerprint density at radius 1 is 1.11 bits per heavy atom. The zero-order chi connectivity index (χ0) is 25.2. The summed E-state index contributed by atoms with van der Waals surface area (Å²) in [7, 11) is 1.62. The number of carbonyl (C=O) groups is 1. The Morgan fingerprint density at radius 3 is 2.56 bits per heavy atom. The van der Waals surface area contributed by atoms with Crippen molar-refractivity contribution in [3.05, 3.63) is 75.2 Å². The number of nitrogens with one attached hydrogen (secondary N) is 1. The molecule has 0 spiro atoms. The molecule has 0 atom stereocenters. The monoisotopic (exact) mass is 524 g/mol. The van der Waals surface area contributed by atoms with Crippen LogP contribution in [0.1, 0.15) is 11.3 Å². The lowest BCUT2D eigenvalue weighted by Crippen LogP contribution is -2.49. The minimum Gasteiger partial charge on any atom is -0.497 e. The number of methoxy groups -OCH3 is 1. The van der Waals surface area contributed by atoms with E-state index in [9.17, 15) is 9.59 Å². The Balaban J connectivity index is 1.22. The summed E-state index contributed by atoms with van der Waals surface area (Å²) in [5.74, 6) is 0.759. The number of aryl methyl sites for hydroxylation is 1. The molecule has 2 aromatic heterocycles. The Labute approximate surface area is 216 Å². The van der Waals surface area contributed by atoms with Gasteiger partial charge in [0.25, 0.3) is 5.56 Å². The molecule has 1 N–H and O–H groups in total. The van der Waals surface area contributed by atoms with Crippen LogP contribution in [0.3, 0.4) is 0 Å². The maximum Gasteiger partial charge on any atom is 0.321 e. The first-order chi connectivity index (χ1) is 17.4. The second kappa shape index (κ2) is 10.3. The lowest BCUT2D eigenvalue weighted by molar-refractivity contribution is 0.142. The van der Waals surface area contributed by atoms with Crippen LogP contribution in [0, 0.1) is 6.92 Å². The van der Waals surface area contributed by atoms with Crippen molar-refractivity contribution in [2.75, 3.05) is 38.6 Å². The summed E-state index contributed by atoms with van der Waals surface area (Å²) in [6.45, 7) is 4.98. The Kier molecular flexibility index (Phi) is 6.90. The average molecular weight is 525 g/mol. The van der Waals surface area contributed by atoms with Gasteiger partial charge in [-0.25, -0.2) is 9.78 Å². The molecule has 0 bridgehead atoms. The van der Waals surface area contributed by atoms with Gasteiger partial charge in [0.05, 0.1) is 12.8 Å². The fourth-order valence-electron chi connectivity index (χ4n) is 4.00. The summed E-state index contributed by atoms with van der Waals surface area (Å²) in [6.07, 6.45) is 0. The lowest BCUT2D eigenvalue weighted by atomic mass is 10.2. The first kappa shape index (κ1) is 24.2. The molecule has 36 heavy (non-hydrogen) atoms. The van der Waals surface area contributed by atoms with Crippen LogP contribution in [0.25, 0.3) is 15.5 Å². The van der Waals surface area contributed by atoms with Crippen molar-refractivity contribution in [2.24, 2.45) is 0 Å². The molecular weight excluding hydrogens is 500 g/mol. The van der Waals surface area contributed by atoms with E-state index >= 15 is 0 Å². The van der Waals surface area contributed by atoms with Crippen LogP contribution in [0.2, 0.25) is 5.02 Å². The molecule has 0 unspecified atom stereocenters. The first-order valence-corrected chi connectivity index (χ1v) is 12.7. The second-order valence-corrected chi connectivity index (χ2v) is 9.94. The molecule has 1 aliphatic rings. The van der Waals surface area contributed by atoms with Crippen molar-refractivity contribution in [2.45, 2.75) is 13.5 Å². The van der Waals surface area contributed by atoms with Crippen molar-refractivity contribution < 1.29 is 9.53 Å². The Bertz CT molecular complexity index is 1460. The highest BCUT2D eigenvalue weighted by atomic mass is 35.5. The van der Waals surface area contributed by atoms with E-state index in [1.54, 1.807) is 18.1 Å². The molecule has 3 heterocycles.